The molecule has 2 heteroatoms. The summed E-state index contributed by atoms with van der Waals surface area (Å²) < 4.78 is 4.40. The van der Waals surface area contributed by atoms with E-state index in [1.807, 2.05) is 0 Å². The van der Waals surface area contributed by atoms with Crippen LogP contribution in [0.25, 0.3) is 0 Å². The molecule has 0 amide bonds. The van der Waals surface area contributed by atoms with Gasteiger partial charge in [0.25, 0.3) is 0 Å². The van der Waals surface area contributed by atoms with E-state index in [1.165, 1.54) is 64.7 Å². The molecule has 0 spiro atoms. The summed E-state index contributed by atoms with van der Waals surface area (Å²) in [6.45, 7) is 12.6. The van der Waals surface area contributed by atoms with E-state index < -0.39 is 0 Å². The predicted molar refractivity (Wildman–Crippen MR) is 86.6 cm³/mol. The number of hydrogen-bond donors (Lipinski definition) is 0. The summed E-state index contributed by atoms with van der Waals surface area (Å²) in [5, 5.41) is 0. The van der Waals surface area contributed by atoms with E-state index in [-0.39, 0.29) is 5.97 Å². The zero-order valence-electron chi connectivity index (χ0n) is 14.4. The minimum Gasteiger partial charge on any atom is -0.466 e. The molecule has 0 N–H and O–H groups in total. The average Bonchev–Trinajstić information content (AvgIpc) is 2.38. The fraction of sp³-hybridized carbons (Fsp3) is 0.941. The van der Waals surface area contributed by atoms with Gasteiger partial charge < -0.3 is 4.74 Å². The quantitative estimate of drug-likeness (QED) is 0.393. The van der Waals surface area contributed by atoms with Crippen LogP contribution in [0.15, 0.2) is 0 Å². The number of rotatable bonds is 8. The second-order valence-corrected chi connectivity index (χ2v) is 4.69. The highest BCUT2D eigenvalue weighted by molar-refractivity contribution is 5.65. The summed E-state index contributed by atoms with van der Waals surface area (Å²) in [7, 11) is 0. The molecule has 0 aromatic carbocycles. The largest absolute Gasteiger partial charge is 0.466 e. The van der Waals surface area contributed by atoms with Crippen molar-refractivity contribution in [1.82, 2.24) is 0 Å². The molecule has 0 aliphatic carbocycles. The maximum atomic E-state index is 9.82. The Kier molecular flexibility index (Phi) is 32.4. The van der Waals surface area contributed by atoms with Gasteiger partial charge in [0.05, 0.1) is 6.61 Å². The van der Waals surface area contributed by atoms with Crippen LogP contribution in [-0.2, 0) is 9.53 Å². The lowest BCUT2D eigenvalue weighted by Gasteiger charge is -1.90. The van der Waals surface area contributed by atoms with E-state index >= 15 is 0 Å². The Morgan fingerprint density at radius 3 is 1.16 bits per heavy atom. The first-order valence-corrected chi connectivity index (χ1v) is 8.23. The second kappa shape index (κ2) is 26.1. The van der Waals surface area contributed by atoms with Crippen LogP contribution >= 0.6 is 0 Å². The van der Waals surface area contributed by atoms with Crippen LogP contribution in [0, 0.1) is 0 Å². The van der Waals surface area contributed by atoms with Crippen molar-refractivity contribution in [3.63, 3.8) is 0 Å². The van der Waals surface area contributed by atoms with Crippen LogP contribution in [0.4, 0.5) is 0 Å². The van der Waals surface area contributed by atoms with Gasteiger partial charge in [0.2, 0.25) is 0 Å². The summed E-state index contributed by atoms with van der Waals surface area (Å²) in [5.74, 6) is -0.211. The normalized spacial score (nSPS) is 8.74. The highest BCUT2D eigenvalue weighted by Crippen LogP contribution is 2.00. The molecule has 0 saturated heterocycles. The highest BCUT2D eigenvalue weighted by Gasteiger charge is 1.81. The van der Waals surface area contributed by atoms with Gasteiger partial charge >= 0.3 is 5.97 Å². The van der Waals surface area contributed by atoms with E-state index in [2.05, 4.69) is 32.4 Å². The van der Waals surface area contributed by atoms with Crippen LogP contribution in [0.2, 0.25) is 0 Å². The molecule has 0 unspecified atom stereocenters. The summed E-state index contributed by atoms with van der Waals surface area (Å²) in [6.07, 6.45) is 12.5. The van der Waals surface area contributed by atoms with E-state index in [9.17, 15) is 4.79 Å². The molecule has 0 aromatic heterocycles. The van der Waals surface area contributed by atoms with Crippen LogP contribution < -0.4 is 0 Å². The molecule has 0 aliphatic heterocycles. The molecule has 0 rings (SSSR count). The molecule has 2 nitrogen and oxygen atoms in total. The van der Waals surface area contributed by atoms with Gasteiger partial charge in [-0.3, -0.25) is 4.79 Å². The van der Waals surface area contributed by atoms with Crippen molar-refractivity contribution in [3.05, 3.63) is 0 Å². The summed E-state index contributed by atoms with van der Waals surface area (Å²) in [4.78, 5) is 9.82. The van der Waals surface area contributed by atoms with Gasteiger partial charge in [-0.1, -0.05) is 85.5 Å². The fourth-order valence-electron chi connectivity index (χ4n) is 1.38. The number of ether oxygens (including phenoxy) is 1. The third-order valence-corrected chi connectivity index (χ3v) is 2.51. The molecular weight excluding hydrogens is 236 g/mol. The van der Waals surface area contributed by atoms with Gasteiger partial charge in [-0.05, 0) is 6.92 Å². The van der Waals surface area contributed by atoms with Gasteiger partial charge in [-0.25, -0.2) is 0 Å². The minimum atomic E-state index is -0.211. The maximum Gasteiger partial charge on any atom is 0.302 e. The zero-order chi connectivity index (χ0) is 15.4. The minimum absolute atomic E-state index is 0.211. The Balaban J connectivity index is -0.000000203. The van der Waals surface area contributed by atoms with Crippen molar-refractivity contribution in [2.24, 2.45) is 0 Å². The van der Waals surface area contributed by atoms with Crippen LogP contribution in [0.3, 0.4) is 0 Å². The van der Waals surface area contributed by atoms with Crippen LogP contribution in [0.5, 0.6) is 0 Å². The second-order valence-electron chi connectivity index (χ2n) is 4.69. The van der Waals surface area contributed by atoms with Crippen molar-refractivity contribution in [3.8, 4) is 0 Å². The number of hydrogen-bond acceptors (Lipinski definition) is 2. The number of unbranched alkanes of at least 4 members (excludes halogenated alkanes) is 7. The summed E-state index contributed by atoms with van der Waals surface area (Å²) in [5.41, 5.74) is 0. The van der Waals surface area contributed by atoms with Gasteiger partial charge in [0, 0.05) is 6.92 Å². The molecule has 0 fully saturated rings. The molecule has 118 valence electrons. The highest BCUT2D eigenvalue weighted by atomic mass is 16.5. The lowest BCUT2D eigenvalue weighted by atomic mass is 10.2. The van der Waals surface area contributed by atoms with Gasteiger partial charge in [0.15, 0.2) is 0 Å². The Morgan fingerprint density at radius 1 is 0.684 bits per heavy atom. The molecular formula is C17H38O2. The lowest BCUT2D eigenvalue weighted by Crippen LogP contribution is -1.95. The van der Waals surface area contributed by atoms with Gasteiger partial charge in [0.1, 0.15) is 0 Å². The van der Waals surface area contributed by atoms with Crippen LogP contribution in [0.1, 0.15) is 99.3 Å². The Labute approximate surface area is 122 Å². The van der Waals surface area contributed by atoms with Gasteiger partial charge in [-0.2, -0.15) is 0 Å². The maximum absolute atomic E-state index is 9.82. The first-order valence-electron chi connectivity index (χ1n) is 8.23. The van der Waals surface area contributed by atoms with Crippen molar-refractivity contribution in [2.75, 3.05) is 6.61 Å². The molecule has 0 aliphatic rings. The number of carbonyl (C=O) groups is 1. The van der Waals surface area contributed by atoms with E-state index in [1.54, 1.807) is 6.92 Å². The van der Waals surface area contributed by atoms with Crippen molar-refractivity contribution in [2.45, 2.75) is 99.3 Å². The lowest BCUT2D eigenvalue weighted by molar-refractivity contribution is -0.140. The van der Waals surface area contributed by atoms with E-state index in [0.717, 1.165) is 0 Å². The number of esters is 1. The molecule has 0 bridgehead atoms. The molecule has 0 radical (unpaired) electrons. The summed E-state index contributed by atoms with van der Waals surface area (Å²) in [6, 6.07) is 0. The molecule has 0 atom stereocenters. The molecule has 0 aromatic rings. The zero-order valence-corrected chi connectivity index (χ0v) is 14.4. The van der Waals surface area contributed by atoms with Crippen molar-refractivity contribution >= 4 is 5.97 Å². The molecule has 0 heterocycles. The third-order valence-electron chi connectivity index (χ3n) is 2.51. The first-order chi connectivity index (χ1) is 9.10. The fourth-order valence-corrected chi connectivity index (χ4v) is 1.38. The standard InChI is InChI=1S/C7H16.C6H14.C4H8O2/c1-3-5-7-6-4-2;1-3-5-6-4-2;1-3-6-4(2)5/h3-7H2,1-2H3;3-6H2,1-2H3;3H2,1-2H3. The van der Waals surface area contributed by atoms with Crippen LogP contribution in [-0.4, -0.2) is 12.6 Å². The van der Waals surface area contributed by atoms with Crippen molar-refractivity contribution < 1.29 is 9.53 Å². The SMILES string of the molecule is CCCCCC.CCCCCCC.CCOC(C)=O. The van der Waals surface area contributed by atoms with E-state index in [0.29, 0.717) is 6.61 Å². The smallest absolute Gasteiger partial charge is 0.302 e. The van der Waals surface area contributed by atoms with E-state index in [4.69, 9.17) is 0 Å². The third kappa shape index (κ3) is 46.6. The predicted octanol–water partition coefficient (Wildman–Crippen LogP) is 6.13. The first kappa shape index (κ1) is 23.6. The Hall–Kier alpha value is -0.530. The Bertz CT molecular complexity index is 136. The van der Waals surface area contributed by atoms with Gasteiger partial charge in [-0.15, -0.1) is 0 Å². The Morgan fingerprint density at radius 2 is 1.00 bits per heavy atom. The molecule has 19 heavy (non-hydrogen) atoms. The monoisotopic (exact) mass is 274 g/mol. The average molecular weight is 274 g/mol. The topological polar surface area (TPSA) is 26.3 Å². The van der Waals surface area contributed by atoms with Crippen molar-refractivity contribution in [1.29, 1.82) is 0 Å². The molecule has 0 saturated carbocycles. The summed E-state index contributed by atoms with van der Waals surface area (Å²) >= 11 is 0. The number of carbonyl (C=O) groups excluding carboxylic acids is 1.